The van der Waals surface area contributed by atoms with E-state index < -0.39 is 0 Å². The first-order chi connectivity index (χ1) is 9.58. The normalized spacial score (nSPS) is 10.1. The molecule has 0 fully saturated rings. The summed E-state index contributed by atoms with van der Waals surface area (Å²) in [6.07, 6.45) is 1.85. The van der Waals surface area contributed by atoms with Crippen molar-refractivity contribution >= 4 is 23.4 Å². The highest BCUT2D eigenvalue weighted by atomic mass is 35.5. The Labute approximate surface area is 121 Å². The third kappa shape index (κ3) is 3.39. The standard InChI is InChI=1S/C14H14ClN3O2/c1-18-8-4-7-12(18)14(20)17-16-13(19)9-10-5-2-3-6-11(10)15/h2-8H,9H2,1H3,(H,16,19)(H,17,20). The second kappa shape index (κ2) is 6.25. The number of hydrazine groups is 1. The van der Waals surface area contributed by atoms with Gasteiger partial charge in [-0.1, -0.05) is 29.8 Å². The number of halogens is 1. The monoisotopic (exact) mass is 291 g/mol. The molecule has 0 saturated carbocycles. The van der Waals surface area contributed by atoms with Gasteiger partial charge in [0.2, 0.25) is 5.91 Å². The minimum atomic E-state index is -0.370. The third-order valence-electron chi connectivity index (χ3n) is 2.80. The van der Waals surface area contributed by atoms with Crippen molar-refractivity contribution in [2.24, 2.45) is 7.05 Å². The zero-order chi connectivity index (χ0) is 14.5. The second-order valence-corrected chi connectivity index (χ2v) is 4.68. The third-order valence-corrected chi connectivity index (χ3v) is 3.17. The van der Waals surface area contributed by atoms with Crippen LogP contribution in [0.1, 0.15) is 16.1 Å². The number of aromatic nitrogens is 1. The molecule has 0 aliphatic carbocycles. The summed E-state index contributed by atoms with van der Waals surface area (Å²) in [4.78, 5) is 23.5. The van der Waals surface area contributed by atoms with Gasteiger partial charge in [-0.15, -0.1) is 0 Å². The summed E-state index contributed by atoms with van der Waals surface area (Å²) in [5, 5.41) is 0.524. The lowest BCUT2D eigenvalue weighted by Gasteiger charge is -2.08. The van der Waals surface area contributed by atoms with E-state index in [-0.39, 0.29) is 18.2 Å². The molecule has 6 heteroatoms. The highest BCUT2D eigenvalue weighted by Crippen LogP contribution is 2.14. The van der Waals surface area contributed by atoms with Crippen molar-refractivity contribution < 1.29 is 9.59 Å². The smallest absolute Gasteiger partial charge is 0.286 e. The molecule has 20 heavy (non-hydrogen) atoms. The summed E-state index contributed by atoms with van der Waals surface area (Å²) >= 11 is 5.96. The summed E-state index contributed by atoms with van der Waals surface area (Å²) in [5.74, 6) is -0.703. The van der Waals surface area contributed by atoms with E-state index in [9.17, 15) is 9.59 Å². The molecule has 1 heterocycles. The van der Waals surface area contributed by atoms with Gasteiger partial charge in [0.25, 0.3) is 5.91 Å². The van der Waals surface area contributed by atoms with E-state index >= 15 is 0 Å². The molecule has 104 valence electrons. The molecule has 2 N–H and O–H groups in total. The largest absolute Gasteiger partial charge is 0.347 e. The van der Waals surface area contributed by atoms with Crippen LogP contribution in [-0.4, -0.2) is 16.4 Å². The van der Waals surface area contributed by atoms with E-state index in [1.807, 2.05) is 0 Å². The molecule has 0 unspecified atom stereocenters. The van der Waals surface area contributed by atoms with Crippen LogP contribution in [0.3, 0.4) is 0 Å². The first-order valence-electron chi connectivity index (χ1n) is 6.02. The number of benzene rings is 1. The Balaban J connectivity index is 1.89. The van der Waals surface area contributed by atoms with Crippen molar-refractivity contribution in [2.45, 2.75) is 6.42 Å². The van der Waals surface area contributed by atoms with Crippen LogP contribution in [0.25, 0.3) is 0 Å². The number of carbonyl (C=O) groups excluding carboxylic acids is 2. The average Bonchev–Trinajstić information content (AvgIpc) is 2.85. The van der Waals surface area contributed by atoms with Gasteiger partial charge in [0.1, 0.15) is 5.69 Å². The number of hydrogen-bond donors (Lipinski definition) is 2. The summed E-state index contributed by atoms with van der Waals surface area (Å²) in [5.41, 5.74) is 5.90. The van der Waals surface area contributed by atoms with Crippen molar-refractivity contribution in [3.8, 4) is 0 Å². The van der Waals surface area contributed by atoms with Crippen molar-refractivity contribution in [3.63, 3.8) is 0 Å². The van der Waals surface area contributed by atoms with Gasteiger partial charge >= 0.3 is 0 Å². The van der Waals surface area contributed by atoms with E-state index in [1.54, 1.807) is 54.2 Å². The van der Waals surface area contributed by atoms with E-state index in [0.717, 1.165) is 0 Å². The van der Waals surface area contributed by atoms with Crippen molar-refractivity contribution in [1.82, 2.24) is 15.4 Å². The molecule has 0 spiro atoms. The fourth-order valence-electron chi connectivity index (χ4n) is 1.75. The van der Waals surface area contributed by atoms with Gasteiger partial charge in [0, 0.05) is 18.3 Å². The number of carbonyl (C=O) groups is 2. The van der Waals surface area contributed by atoms with Gasteiger partial charge in [-0.25, -0.2) is 0 Å². The fourth-order valence-corrected chi connectivity index (χ4v) is 1.95. The Kier molecular flexibility index (Phi) is 4.42. The molecule has 0 aliphatic heterocycles. The summed E-state index contributed by atoms with van der Waals surface area (Å²) in [7, 11) is 1.75. The van der Waals surface area contributed by atoms with Gasteiger partial charge in [0.15, 0.2) is 0 Å². The predicted molar refractivity (Wildman–Crippen MR) is 76.2 cm³/mol. The molecule has 0 atom stereocenters. The summed E-state index contributed by atoms with van der Waals surface area (Å²) in [6, 6.07) is 10.5. The lowest BCUT2D eigenvalue weighted by molar-refractivity contribution is -0.121. The van der Waals surface area contributed by atoms with Crippen LogP contribution >= 0.6 is 11.6 Å². The minimum Gasteiger partial charge on any atom is -0.347 e. The first-order valence-corrected chi connectivity index (χ1v) is 6.39. The molecule has 2 amide bonds. The Bertz CT molecular complexity index is 637. The number of nitrogens with zero attached hydrogens (tertiary/aromatic N) is 1. The first kappa shape index (κ1) is 14.1. The van der Waals surface area contributed by atoms with E-state index in [1.165, 1.54) is 0 Å². The zero-order valence-electron chi connectivity index (χ0n) is 10.9. The number of aryl methyl sites for hydroxylation is 1. The molecule has 5 nitrogen and oxygen atoms in total. The number of hydrogen-bond acceptors (Lipinski definition) is 2. The average molecular weight is 292 g/mol. The Morgan fingerprint density at radius 2 is 1.90 bits per heavy atom. The van der Waals surface area contributed by atoms with Gasteiger partial charge in [-0.2, -0.15) is 0 Å². The molecule has 0 bridgehead atoms. The Morgan fingerprint density at radius 1 is 1.15 bits per heavy atom. The van der Waals surface area contributed by atoms with Crippen molar-refractivity contribution in [3.05, 3.63) is 58.9 Å². The Hall–Kier alpha value is -2.27. The molecule has 1 aromatic carbocycles. The van der Waals surface area contributed by atoms with E-state index in [2.05, 4.69) is 10.9 Å². The van der Waals surface area contributed by atoms with Gasteiger partial charge in [-0.3, -0.25) is 20.4 Å². The molecule has 2 rings (SSSR count). The molecule has 1 aromatic heterocycles. The highest BCUT2D eigenvalue weighted by Gasteiger charge is 2.11. The molecule has 2 aromatic rings. The number of amides is 2. The molecular formula is C14H14ClN3O2. The molecule has 0 saturated heterocycles. The number of rotatable bonds is 3. The van der Waals surface area contributed by atoms with Crippen LogP contribution in [0.4, 0.5) is 0 Å². The SMILES string of the molecule is Cn1cccc1C(=O)NNC(=O)Cc1ccccc1Cl. The van der Waals surface area contributed by atoms with Crippen LogP contribution in [-0.2, 0) is 18.3 Å². The zero-order valence-corrected chi connectivity index (χ0v) is 11.6. The predicted octanol–water partition coefficient (Wildman–Crippen LogP) is 1.68. The van der Waals surface area contributed by atoms with Gasteiger partial charge in [-0.05, 0) is 23.8 Å². The Morgan fingerprint density at radius 3 is 2.55 bits per heavy atom. The maximum Gasteiger partial charge on any atom is 0.286 e. The number of nitrogens with one attached hydrogen (secondary N) is 2. The van der Waals surface area contributed by atoms with Gasteiger partial charge in [0.05, 0.1) is 6.42 Å². The minimum absolute atomic E-state index is 0.104. The van der Waals surface area contributed by atoms with Crippen LogP contribution in [0.5, 0.6) is 0 Å². The van der Waals surface area contributed by atoms with Crippen LogP contribution in [0.15, 0.2) is 42.6 Å². The topological polar surface area (TPSA) is 63.1 Å². The molecular weight excluding hydrogens is 278 g/mol. The van der Waals surface area contributed by atoms with Crippen LogP contribution < -0.4 is 10.9 Å². The maximum absolute atomic E-state index is 11.8. The molecule has 0 radical (unpaired) electrons. The summed E-state index contributed by atoms with van der Waals surface area (Å²) < 4.78 is 1.66. The van der Waals surface area contributed by atoms with Crippen molar-refractivity contribution in [1.29, 1.82) is 0 Å². The fraction of sp³-hybridized carbons (Fsp3) is 0.143. The second-order valence-electron chi connectivity index (χ2n) is 4.27. The highest BCUT2D eigenvalue weighted by molar-refractivity contribution is 6.31. The lowest BCUT2D eigenvalue weighted by Crippen LogP contribution is -2.42. The lowest BCUT2D eigenvalue weighted by atomic mass is 10.1. The molecule has 0 aliphatic rings. The van der Waals surface area contributed by atoms with E-state index in [4.69, 9.17) is 11.6 Å². The van der Waals surface area contributed by atoms with Crippen LogP contribution in [0.2, 0.25) is 5.02 Å². The van der Waals surface area contributed by atoms with Crippen molar-refractivity contribution in [2.75, 3.05) is 0 Å². The quantitative estimate of drug-likeness (QED) is 0.845. The summed E-state index contributed by atoms with van der Waals surface area (Å²) in [6.45, 7) is 0. The van der Waals surface area contributed by atoms with Crippen LogP contribution in [0, 0.1) is 0 Å². The van der Waals surface area contributed by atoms with E-state index in [0.29, 0.717) is 16.3 Å². The van der Waals surface area contributed by atoms with Gasteiger partial charge < -0.3 is 4.57 Å². The maximum atomic E-state index is 11.8.